The predicted molar refractivity (Wildman–Crippen MR) is 105 cm³/mol. The number of nitrogens with zero attached hydrogens (tertiary/aromatic N) is 5. The molecule has 1 saturated heterocycles. The van der Waals surface area contributed by atoms with E-state index in [2.05, 4.69) is 30.1 Å². The zero-order valence-corrected chi connectivity index (χ0v) is 15.1. The van der Waals surface area contributed by atoms with Crippen molar-refractivity contribution in [2.45, 2.75) is 0 Å². The molecular weight excluding hydrogens is 359 g/mol. The highest BCUT2D eigenvalue weighted by atomic mass is 19.1. The highest BCUT2D eigenvalue weighted by molar-refractivity contribution is 6.04. The lowest BCUT2D eigenvalue weighted by Crippen LogP contribution is -2.47. The number of carbonyl (C=O) groups is 1. The molecule has 7 nitrogen and oxygen atoms in total. The van der Waals surface area contributed by atoms with Crippen LogP contribution in [0.5, 0.6) is 0 Å². The minimum atomic E-state index is -0.473. The first-order valence-electron chi connectivity index (χ1n) is 8.98. The molecule has 3 aromatic rings. The van der Waals surface area contributed by atoms with E-state index in [1.54, 1.807) is 42.9 Å². The molecule has 1 aliphatic heterocycles. The van der Waals surface area contributed by atoms with Crippen LogP contribution in [0.25, 0.3) is 0 Å². The molecule has 1 aliphatic rings. The molecule has 28 heavy (non-hydrogen) atoms. The van der Waals surface area contributed by atoms with Crippen LogP contribution in [0, 0.1) is 5.82 Å². The number of piperazine rings is 1. The van der Waals surface area contributed by atoms with Gasteiger partial charge in [-0.25, -0.2) is 14.4 Å². The Bertz CT molecular complexity index is 960. The van der Waals surface area contributed by atoms with E-state index in [0.717, 1.165) is 37.8 Å². The van der Waals surface area contributed by atoms with Crippen molar-refractivity contribution in [3.8, 4) is 0 Å². The first-order chi connectivity index (χ1) is 13.7. The van der Waals surface area contributed by atoms with E-state index in [0.29, 0.717) is 5.56 Å². The van der Waals surface area contributed by atoms with Crippen molar-refractivity contribution in [2.75, 3.05) is 41.3 Å². The van der Waals surface area contributed by atoms with E-state index in [9.17, 15) is 9.18 Å². The number of amides is 1. The molecule has 8 heteroatoms. The Morgan fingerprint density at radius 3 is 2.43 bits per heavy atom. The molecule has 4 rings (SSSR count). The summed E-state index contributed by atoms with van der Waals surface area (Å²) in [6.07, 6.45) is 6.68. The van der Waals surface area contributed by atoms with Crippen LogP contribution in [0.15, 0.2) is 61.2 Å². The molecule has 3 heterocycles. The van der Waals surface area contributed by atoms with Crippen molar-refractivity contribution in [2.24, 2.45) is 0 Å². The minimum absolute atomic E-state index is 0.148. The van der Waals surface area contributed by atoms with Gasteiger partial charge in [0, 0.05) is 44.8 Å². The van der Waals surface area contributed by atoms with Gasteiger partial charge in [0.2, 0.25) is 5.95 Å². The Balaban J connectivity index is 1.43. The quantitative estimate of drug-likeness (QED) is 0.752. The third-order valence-corrected chi connectivity index (χ3v) is 4.59. The molecule has 0 spiro atoms. The molecule has 0 saturated carbocycles. The van der Waals surface area contributed by atoms with Gasteiger partial charge in [-0.2, -0.15) is 0 Å². The Morgan fingerprint density at radius 2 is 1.68 bits per heavy atom. The third kappa shape index (κ3) is 3.90. The van der Waals surface area contributed by atoms with Crippen LogP contribution in [0.1, 0.15) is 10.4 Å². The standard InChI is InChI=1S/C20H19FN6O/c21-17-4-1-2-5-18(17)25-19(28)15-12-16(14-22-13-15)26-8-10-27(11-9-26)20-23-6-3-7-24-20/h1-7,12-14H,8-11H2,(H,25,28). The van der Waals surface area contributed by atoms with Gasteiger partial charge in [0.15, 0.2) is 0 Å². The molecule has 0 bridgehead atoms. The first kappa shape index (κ1) is 17.8. The smallest absolute Gasteiger partial charge is 0.257 e. The number of nitrogens with one attached hydrogen (secondary N) is 1. The fourth-order valence-electron chi connectivity index (χ4n) is 3.10. The summed E-state index contributed by atoms with van der Waals surface area (Å²) in [6.45, 7) is 3.07. The van der Waals surface area contributed by atoms with Crippen LogP contribution in [0.2, 0.25) is 0 Å². The highest BCUT2D eigenvalue weighted by Gasteiger charge is 2.20. The van der Waals surface area contributed by atoms with E-state index >= 15 is 0 Å². The number of aromatic nitrogens is 3. The van der Waals surface area contributed by atoms with Crippen LogP contribution >= 0.6 is 0 Å². The van der Waals surface area contributed by atoms with Gasteiger partial charge >= 0.3 is 0 Å². The van der Waals surface area contributed by atoms with Crippen LogP contribution in [0.4, 0.5) is 21.7 Å². The SMILES string of the molecule is O=C(Nc1ccccc1F)c1cncc(N2CCN(c3ncccn3)CC2)c1. The highest BCUT2D eigenvalue weighted by Crippen LogP contribution is 2.20. The number of carbonyl (C=O) groups excluding carboxylic acids is 1. The Morgan fingerprint density at radius 1 is 0.964 bits per heavy atom. The molecule has 2 aromatic heterocycles. The Labute approximate surface area is 161 Å². The van der Waals surface area contributed by atoms with Gasteiger partial charge in [-0.3, -0.25) is 9.78 Å². The van der Waals surface area contributed by atoms with E-state index < -0.39 is 11.7 Å². The first-order valence-corrected chi connectivity index (χ1v) is 8.98. The van der Waals surface area contributed by atoms with Crippen molar-refractivity contribution in [1.29, 1.82) is 0 Å². The average Bonchev–Trinajstić information content (AvgIpc) is 2.76. The van der Waals surface area contributed by atoms with Gasteiger partial charge in [0.25, 0.3) is 5.91 Å². The zero-order chi connectivity index (χ0) is 19.3. The lowest BCUT2D eigenvalue weighted by Gasteiger charge is -2.35. The number of para-hydroxylation sites is 1. The summed E-state index contributed by atoms with van der Waals surface area (Å²) in [5.41, 5.74) is 1.39. The number of anilines is 3. The molecule has 1 amide bonds. The molecule has 142 valence electrons. The van der Waals surface area contributed by atoms with Crippen molar-refractivity contribution in [3.05, 3.63) is 72.6 Å². The molecule has 0 aliphatic carbocycles. The predicted octanol–water partition coefficient (Wildman–Crippen LogP) is 2.59. The van der Waals surface area contributed by atoms with Crippen LogP contribution in [-0.2, 0) is 0 Å². The molecule has 1 fully saturated rings. The van der Waals surface area contributed by atoms with Crippen molar-refractivity contribution in [1.82, 2.24) is 15.0 Å². The molecule has 1 aromatic carbocycles. The van der Waals surface area contributed by atoms with Crippen molar-refractivity contribution >= 4 is 23.2 Å². The monoisotopic (exact) mass is 378 g/mol. The molecule has 0 atom stereocenters. The van der Waals surface area contributed by atoms with Crippen molar-refractivity contribution < 1.29 is 9.18 Å². The Kier molecular flexibility index (Phi) is 5.09. The summed E-state index contributed by atoms with van der Waals surface area (Å²) >= 11 is 0. The lowest BCUT2D eigenvalue weighted by atomic mass is 10.2. The minimum Gasteiger partial charge on any atom is -0.367 e. The second kappa shape index (κ2) is 7.99. The summed E-state index contributed by atoms with van der Waals surface area (Å²) in [5, 5.41) is 2.59. The summed E-state index contributed by atoms with van der Waals surface area (Å²) < 4.78 is 13.8. The third-order valence-electron chi connectivity index (χ3n) is 4.59. The molecule has 0 unspecified atom stereocenters. The van der Waals surface area contributed by atoms with Gasteiger partial charge in [0.05, 0.1) is 23.1 Å². The maximum absolute atomic E-state index is 13.8. The van der Waals surface area contributed by atoms with Gasteiger partial charge < -0.3 is 15.1 Å². The lowest BCUT2D eigenvalue weighted by molar-refractivity contribution is 0.102. The van der Waals surface area contributed by atoms with Gasteiger partial charge in [-0.1, -0.05) is 12.1 Å². The van der Waals surface area contributed by atoms with Crippen LogP contribution < -0.4 is 15.1 Å². The van der Waals surface area contributed by atoms with Gasteiger partial charge in [-0.15, -0.1) is 0 Å². The Hall–Kier alpha value is -3.55. The van der Waals surface area contributed by atoms with E-state index in [1.807, 2.05) is 0 Å². The fourth-order valence-corrected chi connectivity index (χ4v) is 3.10. The number of pyridine rings is 1. The summed E-state index contributed by atoms with van der Waals surface area (Å²) in [7, 11) is 0. The summed E-state index contributed by atoms with van der Waals surface area (Å²) in [5.74, 6) is -0.145. The van der Waals surface area contributed by atoms with Crippen LogP contribution in [-0.4, -0.2) is 47.0 Å². The fraction of sp³-hybridized carbons (Fsp3) is 0.200. The summed E-state index contributed by atoms with van der Waals surface area (Å²) in [6, 6.07) is 9.65. The molecular formula is C20H19FN6O. The maximum atomic E-state index is 13.8. The topological polar surface area (TPSA) is 74.2 Å². The number of benzene rings is 1. The van der Waals surface area contributed by atoms with E-state index in [1.165, 1.54) is 18.3 Å². The van der Waals surface area contributed by atoms with E-state index in [4.69, 9.17) is 0 Å². The van der Waals surface area contributed by atoms with Gasteiger partial charge in [0.1, 0.15) is 5.82 Å². The summed E-state index contributed by atoms with van der Waals surface area (Å²) in [4.78, 5) is 29.5. The van der Waals surface area contributed by atoms with E-state index in [-0.39, 0.29) is 5.69 Å². The number of hydrogen-bond acceptors (Lipinski definition) is 6. The molecule has 0 radical (unpaired) electrons. The average molecular weight is 378 g/mol. The number of hydrogen-bond donors (Lipinski definition) is 1. The normalized spacial score (nSPS) is 14.0. The second-order valence-electron chi connectivity index (χ2n) is 6.39. The van der Waals surface area contributed by atoms with Gasteiger partial charge in [-0.05, 0) is 24.3 Å². The maximum Gasteiger partial charge on any atom is 0.257 e. The van der Waals surface area contributed by atoms with Crippen LogP contribution in [0.3, 0.4) is 0 Å². The number of halogens is 1. The van der Waals surface area contributed by atoms with Crippen molar-refractivity contribution in [3.63, 3.8) is 0 Å². The number of rotatable bonds is 4. The molecule has 1 N–H and O–H groups in total. The largest absolute Gasteiger partial charge is 0.367 e. The second-order valence-corrected chi connectivity index (χ2v) is 6.39. The zero-order valence-electron chi connectivity index (χ0n) is 15.1.